The number of nitrogens with one attached hydrogen (secondary N) is 1. The summed E-state index contributed by atoms with van der Waals surface area (Å²) in [6.07, 6.45) is 2.64. The van der Waals surface area contributed by atoms with Crippen molar-refractivity contribution < 1.29 is 4.79 Å². The predicted octanol–water partition coefficient (Wildman–Crippen LogP) is 2.37. The summed E-state index contributed by atoms with van der Waals surface area (Å²) in [7, 11) is 0. The first-order valence-corrected chi connectivity index (χ1v) is 9.75. The second-order valence-electron chi connectivity index (χ2n) is 6.70. The Balaban J connectivity index is 1.61. The van der Waals surface area contributed by atoms with Gasteiger partial charge in [-0.25, -0.2) is 14.5 Å². The van der Waals surface area contributed by atoms with Gasteiger partial charge in [-0.15, -0.1) is 11.3 Å². The largest absolute Gasteiger partial charge is 0.337 e. The Kier molecular flexibility index (Phi) is 4.36. The van der Waals surface area contributed by atoms with Gasteiger partial charge >= 0.3 is 0 Å². The fraction of sp³-hybridized carbons (Fsp3) is 0.444. The maximum absolute atomic E-state index is 12.8. The third-order valence-corrected chi connectivity index (χ3v) is 5.89. The average molecular weight is 371 g/mol. The Morgan fingerprint density at radius 2 is 2.27 bits per heavy atom. The Morgan fingerprint density at radius 3 is 3.00 bits per heavy atom. The van der Waals surface area contributed by atoms with Crippen LogP contribution in [0, 0.1) is 6.92 Å². The van der Waals surface area contributed by atoms with Crippen molar-refractivity contribution in [1.82, 2.24) is 24.5 Å². The summed E-state index contributed by atoms with van der Waals surface area (Å²) < 4.78 is 1.49. The molecule has 1 aliphatic heterocycles. The number of likely N-dealkylation sites (tertiary alicyclic amines) is 1. The topological polar surface area (TPSA) is 83.4 Å². The molecule has 0 bridgehead atoms. The van der Waals surface area contributed by atoms with Crippen molar-refractivity contribution in [2.75, 3.05) is 13.1 Å². The van der Waals surface area contributed by atoms with Crippen LogP contribution >= 0.6 is 11.3 Å². The number of amides is 1. The highest BCUT2D eigenvalue weighted by Crippen LogP contribution is 2.28. The van der Waals surface area contributed by atoms with E-state index in [1.165, 1.54) is 15.9 Å². The van der Waals surface area contributed by atoms with Gasteiger partial charge in [0.1, 0.15) is 4.88 Å². The first-order valence-electron chi connectivity index (χ1n) is 8.87. The molecule has 1 fully saturated rings. The maximum Gasteiger partial charge on any atom is 0.272 e. The Hall–Kier alpha value is -2.48. The van der Waals surface area contributed by atoms with Crippen molar-refractivity contribution in [2.24, 2.45) is 0 Å². The minimum absolute atomic E-state index is 0.0503. The van der Waals surface area contributed by atoms with Gasteiger partial charge in [-0.3, -0.25) is 14.7 Å². The quantitative estimate of drug-likeness (QED) is 0.766. The SMILES string of the molecule is CCc1cc(=O)n2[nH]c([C@H]3CCCN(C(=O)c4scnc4C)C3)cc2n1. The molecule has 26 heavy (non-hydrogen) atoms. The van der Waals surface area contributed by atoms with Crippen LogP contribution in [0.2, 0.25) is 0 Å². The molecule has 3 aromatic rings. The van der Waals surface area contributed by atoms with Crippen LogP contribution in [0.5, 0.6) is 0 Å². The maximum atomic E-state index is 12.8. The molecule has 1 amide bonds. The summed E-state index contributed by atoms with van der Waals surface area (Å²) in [5, 5.41) is 3.18. The van der Waals surface area contributed by atoms with E-state index in [0.29, 0.717) is 17.1 Å². The highest BCUT2D eigenvalue weighted by Gasteiger charge is 2.28. The molecule has 4 heterocycles. The van der Waals surface area contributed by atoms with Gasteiger partial charge in [0, 0.05) is 42.5 Å². The van der Waals surface area contributed by atoms with Gasteiger partial charge in [0.15, 0.2) is 5.65 Å². The van der Waals surface area contributed by atoms with E-state index in [4.69, 9.17) is 0 Å². The fourth-order valence-electron chi connectivity index (χ4n) is 3.52. The lowest BCUT2D eigenvalue weighted by atomic mass is 9.94. The molecule has 0 unspecified atom stereocenters. The summed E-state index contributed by atoms with van der Waals surface area (Å²) in [6, 6.07) is 3.51. The second-order valence-corrected chi connectivity index (χ2v) is 7.56. The molecular weight excluding hydrogens is 350 g/mol. The minimum Gasteiger partial charge on any atom is -0.337 e. The summed E-state index contributed by atoms with van der Waals surface area (Å²) in [4.78, 5) is 36.3. The number of aromatic amines is 1. The zero-order valence-corrected chi connectivity index (χ0v) is 15.7. The summed E-state index contributed by atoms with van der Waals surface area (Å²) in [6.45, 7) is 5.24. The lowest BCUT2D eigenvalue weighted by Crippen LogP contribution is -2.39. The third kappa shape index (κ3) is 2.94. The standard InChI is InChI=1S/C18H21N5O2S/c1-3-13-7-16(24)23-15(20-13)8-14(21-23)12-5-4-6-22(9-12)18(25)17-11(2)19-10-26-17/h7-8,10,12,21H,3-6,9H2,1-2H3/t12-/m0/s1. The second kappa shape index (κ2) is 6.68. The van der Waals surface area contributed by atoms with Crippen LogP contribution in [0.25, 0.3) is 5.65 Å². The van der Waals surface area contributed by atoms with Crippen LogP contribution in [-0.2, 0) is 6.42 Å². The molecule has 0 aromatic carbocycles. The molecule has 4 rings (SSSR count). The van der Waals surface area contributed by atoms with E-state index in [0.717, 1.165) is 42.9 Å². The molecule has 3 aromatic heterocycles. The molecule has 1 N–H and O–H groups in total. The van der Waals surface area contributed by atoms with E-state index in [-0.39, 0.29) is 17.4 Å². The van der Waals surface area contributed by atoms with E-state index in [1.54, 1.807) is 11.6 Å². The van der Waals surface area contributed by atoms with Gasteiger partial charge in [0.2, 0.25) is 0 Å². The number of fused-ring (bicyclic) bond motifs is 1. The molecule has 0 spiro atoms. The van der Waals surface area contributed by atoms with Crippen molar-refractivity contribution in [2.45, 2.75) is 39.0 Å². The number of hydrogen-bond acceptors (Lipinski definition) is 5. The zero-order valence-electron chi connectivity index (χ0n) is 14.9. The normalized spacial score (nSPS) is 17.8. The van der Waals surface area contributed by atoms with Gasteiger partial charge in [-0.2, -0.15) is 0 Å². The van der Waals surface area contributed by atoms with Crippen LogP contribution in [0.1, 0.15) is 52.4 Å². The van der Waals surface area contributed by atoms with Crippen molar-refractivity contribution in [1.29, 1.82) is 0 Å². The van der Waals surface area contributed by atoms with Gasteiger partial charge in [-0.05, 0) is 26.2 Å². The van der Waals surface area contributed by atoms with Crippen LogP contribution in [-0.4, -0.2) is 43.5 Å². The van der Waals surface area contributed by atoms with Gasteiger partial charge < -0.3 is 4.90 Å². The number of aryl methyl sites for hydroxylation is 2. The Morgan fingerprint density at radius 1 is 1.42 bits per heavy atom. The number of thiazole rings is 1. The zero-order chi connectivity index (χ0) is 18.3. The molecule has 1 saturated heterocycles. The summed E-state index contributed by atoms with van der Waals surface area (Å²) in [5.41, 5.74) is 4.80. The van der Waals surface area contributed by atoms with Gasteiger partial charge in [0.05, 0.1) is 11.2 Å². The number of carbonyl (C=O) groups excluding carboxylic acids is 1. The molecular formula is C18H21N5O2S. The van der Waals surface area contributed by atoms with E-state index >= 15 is 0 Å². The number of nitrogens with zero attached hydrogens (tertiary/aromatic N) is 4. The molecule has 1 aliphatic rings. The number of carbonyl (C=O) groups is 1. The number of H-pyrrole nitrogens is 1. The molecule has 8 heteroatoms. The molecule has 0 radical (unpaired) electrons. The van der Waals surface area contributed by atoms with Gasteiger partial charge in [-0.1, -0.05) is 6.92 Å². The van der Waals surface area contributed by atoms with Crippen molar-refractivity contribution in [3.05, 3.63) is 50.0 Å². The number of rotatable bonds is 3. The Bertz CT molecular complexity index is 1020. The van der Waals surface area contributed by atoms with Crippen LogP contribution in [0.15, 0.2) is 22.4 Å². The smallest absolute Gasteiger partial charge is 0.272 e. The van der Waals surface area contributed by atoms with Crippen LogP contribution < -0.4 is 5.56 Å². The highest BCUT2D eigenvalue weighted by atomic mass is 32.1. The summed E-state index contributed by atoms with van der Waals surface area (Å²) >= 11 is 1.39. The van der Waals surface area contributed by atoms with Crippen LogP contribution in [0.4, 0.5) is 0 Å². The molecule has 0 saturated carbocycles. The Labute approximate surface area is 154 Å². The first kappa shape index (κ1) is 17.0. The minimum atomic E-state index is -0.0953. The number of hydrogen-bond donors (Lipinski definition) is 1. The third-order valence-electron chi connectivity index (χ3n) is 4.97. The highest BCUT2D eigenvalue weighted by molar-refractivity contribution is 7.11. The van der Waals surface area contributed by atoms with Crippen molar-refractivity contribution in [3.8, 4) is 0 Å². The number of piperidine rings is 1. The first-order chi connectivity index (χ1) is 12.6. The predicted molar refractivity (Wildman–Crippen MR) is 99.9 cm³/mol. The summed E-state index contributed by atoms with van der Waals surface area (Å²) in [5.74, 6) is 0.224. The lowest BCUT2D eigenvalue weighted by Gasteiger charge is -2.32. The lowest BCUT2D eigenvalue weighted by molar-refractivity contribution is 0.0710. The monoisotopic (exact) mass is 371 g/mol. The fourth-order valence-corrected chi connectivity index (χ4v) is 4.28. The van der Waals surface area contributed by atoms with Crippen LogP contribution in [0.3, 0.4) is 0 Å². The molecule has 1 atom stereocenters. The average Bonchev–Trinajstić information content (AvgIpc) is 3.27. The van der Waals surface area contributed by atoms with E-state index in [9.17, 15) is 9.59 Å². The van der Waals surface area contributed by atoms with Gasteiger partial charge in [0.25, 0.3) is 11.5 Å². The van der Waals surface area contributed by atoms with Crippen molar-refractivity contribution >= 4 is 22.9 Å². The molecule has 136 valence electrons. The molecule has 0 aliphatic carbocycles. The van der Waals surface area contributed by atoms with Crippen molar-refractivity contribution in [3.63, 3.8) is 0 Å². The molecule has 7 nitrogen and oxygen atoms in total. The van der Waals surface area contributed by atoms with E-state index in [2.05, 4.69) is 15.1 Å². The van der Waals surface area contributed by atoms with E-state index in [1.807, 2.05) is 24.8 Å². The van der Waals surface area contributed by atoms with E-state index < -0.39 is 0 Å². The number of aromatic nitrogens is 4.